The molecule has 21 heavy (non-hydrogen) atoms. The number of nitrogens with two attached hydrogens (primary N) is 1. The molecular formula is C18H20N2O. The third-order valence-corrected chi connectivity index (χ3v) is 4.21. The minimum absolute atomic E-state index is 0.127. The lowest BCUT2D eigenvalue weighted by Gasteiger charge is -2.27. The van der Waals surface area contributed by atoms with Crippen molar-refractivity contribution >= 4 is 11.6 Å². The Hall–Kier alpha value is -2.13. The summed E-state index contributed by atoms with van der Waals surface area (Å²) < 4.78 is 0. The molecule has 0 spiro atoms. The fourth-order valence-corrected chi connectivity index (χ4v) is 2.93. The lowest BCUT2D eigenvalue weighted by molar-refractivity contribution is -0.118. The molecule has 2 aromatic carbocycles. The molecule has 1 atom stereocenters. The van der Waals surface area contributed by atoms with Gasteiger partial charge in [-0.1, -0.05) is 42.0 Å². The van der Waals surface area contributed by atoms with E-state index >= 15 is 0 Å². The van der Waals surface area contributed by atoms with Crippen molar-refractivity contribution in [1.29, 1.82) is 0 Å². The van der Waals surface area contributed by atoms with E-state index < -0.39 is 0 Å². The Balaban J connectivity index is 1.95. The van der Waals surface area contributed by atoms with Crippen molar-refractivity contribution in [3.8, 4) is 0 Å². The Morgan fingerprint density at radius 2 is 1.86 bits per heavy atom. The summed E-state index contributed by atoms with van der Waals surface area (Å²) in [6.07, 6.45) is 1.37. The highest BCUT2D eigenvalue weighted by Gasteiger charge is 2.21. The molecule has 3 nitrogen and oxygen atoms in total. The second kappa shape index (κ2) is 5.34. The van der Waals surface area contributed by atoms with Crippen LogP contribution in [0, 0.1) is 6.92 Å². The average Bonchev–Trinajstić information content (AvgIpc) is 2.50. The van der Waals surface area contributed by atoms with Gasteiger partial charge in [-0.3, -0.25) is 4.79 Å². The zero-order chi connectivity index (χ0) is 15.0. The number of nitrogens with zero attached hydrogens (tertiary/aromatic N) is 1. The first-order valence-electron chi connectivity index (χ1n) is 7.28. The van der Waals surface area contributed by atoms with Gasteiger partial charge in [-0.15, -0.1) is 0 Å². The number of amides is 1. The van der Waals surface area contributed by atoms with Gasteiger partial charge in [0.05, 0.1) is 6.04 Å². The van der Waals surface area contributed by atoms with Gasteiger partial charge in [-0.25, -0.2) is 0 Å². The molecule has 2 N–H and O–H groups in total. The molecule has 0 bridgehead atoms. The maximum absolute atomic E-state index is 11.7. The zero-order valence-electron chi connectivity index (χ0n) is 12.5. The van der Waals surface area contributed by atoms with Crippen LogP contribution in [-0.4, -0.2) is 13.0 Å². The number of hydrogen-bond donors (Lipinski definition) is 1. The Bertz CT molecular complexity index is 693. The normalized spacial score (nSPS) is 15.8. The highest BCUT2D eigenvalue weighted by atomic mass is 16.2. The molecule has 0 saturated carbocycles. The van der Waals surface area contributed by atoms with Crippen molar-refractivity contribution in [2.45, 2.75) is 25.8 Å². The monoisotopic (exact) mass is 280 g/mol. The van der Waals surface area contributed by atoms with E-state index in [1.807, 2.05) is 25.2 Å². The van der Waals surface area contributed by atoms with Crippen LogP contribution in [0.2, 0.25) is 0 Å². The van der Waals surface area contributed by atoms with Crippen LogP contribution in [0.1, 0.15) is 34.7 Å². The molecule has 1 amide bonds. The molecule has 3 heteroatoms. The van der Waals surface area contributed by atoms with Crippen LogP contribution in [-0.2, 0) is 11.2 Å². The molecule has 0 saturated heterocycles. The maximum atomic E-state index is 11.7. The number of anilines is 1. The molecule has 1 heterocycles. The number of benzene rings is 2. The molecule has 2 aromatic rings. The third kappa shape index (κ3) is 2.57. The molecule has 1 aliphatic heterocycles. The molecule has 0 radical (unpaired) electrons. The van der Waals surface area contributed by atoms with Crippen molar-refractivity contribution in [2.75, 3.05) is 11.9 Å². The van der Waals surface area contributed by atoms with Gasteiger partial charge in [0.2, 0.25) is 5.91 Å². The number of aryl methyl sites for hydroxylation is 2. The Labute approximate surface area is 125 Å². The van der Waals surface area contributed by atoms with Crippen molar-refractivity contribution in [3.05, 3.63) is 64.7 Å². The molecule has 0 aromatic heterocycles. The predicted octanol–water partition coefficient (Wildman–Crippen LogP) is 2.95. The van der Waals surface area contributed by atoms with Crippen molar-refractivity contribution in [2.24, 2.45) is 5.73 Å². The van der Waals surface area contributed by atoms with E-state index in [2.05, 4.69) is 31.2 Å². The molecule has 0 fully saturated rings. The van der Waals surface area contributed by atoms with Gasteiger partial charge in [-0.05, 0) is 36.1 Å². The molecule has 0 aliphatic carbocycles. The summed E-state index contributed by atoms with van der Waals surface area (Å²) in [6.45, 7) is 2.07. The first-order valence-corrected chi connectivity index (χ1v) is 7.28. The zero-order valence-corrected chi connectivity index (χ0v) is 12.5. The van der Waals surface area contributed by atoms with E-state index in [0.717, 1.165) is 23.2 Å². The quantitative estimate of drug-likeness (QED) is 0.919. The summed E-state index contributed by atoms with van der Waals surface area (Å²) in [4.78, 5) is 13.5. The summed E-state index contributed by atoms with van der Waals surface area (Å²) >= 11 is 0. The van der Waals surface area contributed by atoms with Crippen LogP contribution in [0.3, 0.4) is 0 Å². The SMILES string of the molecule is Cc1cccc(C(N)c2ccc3c(c2)CCC(=O)N3C)c1. The lowest BCUT2D eigenvalue weighted by atomic mass is 9.93. The number of rotatable bonds is 2. The topological polar surface area (TPSA) is 46.3 Å². The van der Waals surface area contributed by atoms with E-state index in [9.17, 15) is 4.79 Å². The largest absolute Gasteiger partial charge is 0.320 e. The number of carbonyl (C=O) groups excluding carboxylic acids is 1. The van der Waals surface area contributed by atoms with Crippen molar-refractivity contribution in [3.63, 3.8) is 0 Å². The fraction of sp³-hybridized carbons (Fsp3) is 0.278. The van der Waals surface area contributed by atoms with Gasteiger partial charge >= 0.3 is 0 Å². The highest BCUT2D eigenvalue weighted by molar-refractivity contribution is 5.95. The standard InChI is InChI=1S/C18H20N2O/c1-12-4-3-5-14(10-12)18(19)15-6-8-16-13(11-15)7-9-17(21)20(16)2/h3-6,8,10-11,18H,7,9,19H2,1-2H3. The predicted molar refractivity (Wildman–Crippen MR) is 85.4 cm³/mol. The second-order valence-corrected chi connectivity index (χ2v) is 5.73. The molecular weight excluding hydrogens is 260 g/mol. The van der Waals surface area contributed by atoms with Gasteiger partial charge in [0, 0.05) is 19.2 Å². The van der Waals surface area contributed by atoms with E-state index in [-0.39, 0.29) is 11.9 Å². The molecule has 3 rings (SSSR count). The van der Waals surface area contributed by atoms with E-state index in [1.54, 1.807) is 4.90 Å². The van der Waals surface area contributed by atoms with Crippen molar-refractivity contribution in [1.82, 2.24) is 0 Å². The Kier molecular flexibility index (Phi) is 3.52. The molecule has 108 valence electrons. The minimum Gasteiger partial charge on any atom is -0.320 e. The Morgan fingerprint density at radius 1 is 1.10 bits per heavy atom. The third-order valence-electron chi connectivity index (χ3n) is 4.21. The van der Waals surface area contributed by atoms with Gasteiger partial charge < -0.3 is 10.6 Å². The first kappa shape index (κ1) is 13.8. The number of carbonyl (C=O) groups is 1. The van der Waals surface area contributed by atoms with E-state index in [0.29, 0.717) is 6.42 Å². The first-order chi connectivity index (χ1) is 10.1. The van der Waals surface area contributed by atoms with Gasteiger partial charge in [0.25, 0.3) is 0 Å². The van der Waals surface area contributed by atoms with Gasteiger partial charge in [0.1, 0.15) is 0 Å². The lowest BCUT2D eigenvalue weighted by Crippen LogP contribution is -2.31. The van der Waals surface area contributed by atoms with Gasteiger partial charge in [-0.2, -0.15) is 0 Å². The van der Waals surface area contributed by atoms with Gasteiger partial charge in [0.15, 0.2) is 0 Å². The summed E-state index contributed by atoms with van der Waals surface area (Å²) in [5.41, 5.74) is 12.0. The maximum Gasteiger partial charge on any atom is 0.227 e. The van der Waals surface area contributed by atoms with Crippen LogP contribution in [0.4, 0.5) is 5.69 Å². The van der Waals surface area contributed by atoms with Crippen LogP contribution >= 0.6 is 0 Å². The van der Waals surface area contributed by atoms with Crippen LogP contribution in [0.15, 0.2) is 42.5 Å². The second-order valence-electron chi connectivity index (χ2n) is 5.73. The summed E-state index contributed by atoms with van der Waals surface area (Å²) in [6, 6.07) is 14.4. The van der Waals surface area contributed by atoms with Crippen LogP contribution in [0.5, 0.6) is 0 Å². The fourth-order valence-electron chi connectivity index (χ4n) is 2.93. The van der Waals surface area contributed by atoms with E-state index in [1.165, 1.54) is 11.1 Å². The number of hydrogen-bond acceptors (Lipinski definition) is 2. The molecule has 1 unspecified atom stereocenters. The minimum atomic E-state index is -0.127. The summed E-state index contributed by atoms with van der Waals surface area (Å²) in [5.74, 6) is 0.179. The van der Waals surface area contributed by atoms with Crippen molar-refractivity contribution < 1.29 is 4.79 Å². The molecule has 1 aliphatic rings. The highest BCUT2D eigenvalue weighted by Crippen LogP contribution is 2.30. The Morgan fingerprint density at radius 3 is 2.62 bits per heavy atom. The summed E-state index contributed by atoms with van der Waals surface area (Å²) in [5, 5.41) is 0. The number of fused-ring (bicyclic) bond motifs is 1. The average molecular weight is 280 g/mol. The summed E-state index contributed by atoms with van der Waals surface area (Å²) in [7, 11) is 1.83. The smallest absolute Gasteiger partial charge is 0.227 e. The van der Waals surface area contributed by atoms with E-state index in [4.69, 9.17) is 5.73 Å². The van der Waals surface area contributed by atoms with Crippen LogP contribution < -0.4 is 10.6 Å². The van der Waals surface area contributed by atoms with Crippen LogP contribution in [0.25, 0.3) is 0 Å².